The maximum absolute atomic E-state index is 12.5. The molecule has 1 aliphatic heterocycles. The fourth-order valence-corrected chi connectivity index (χ4v) is 2.32. The Balaban J connectivity index is 2.50. The fraction of sp³-hybridized carbons (Fsp3) is 0.800. The van der Waals surface area contributed by atoms with Gasteiger partial charge in [-0.05, 0) is 20.3 Å². The van der Waals surface area contributed by atoms with Gasteiger partial charge in [0.1, 0.15) is 5.41 Å². The van der Waals surface area contributed by atoms with Crippen molar-refractivity contribution >= 4 is 18.2 Å². The number of rotatable bonds is 7. The van der Waals surface area contributed by atoms with Gasteiger partial charge in [-0.25, -0.2) is 0 Å². The van der Waals surface area contributed by atoms with Crippen molar-refractivity contribution in [2.75, 3.05) is 32.7 Å². The second kappa shape index (κ2) is 8.00. The first-order valence-electron chi connectivity index (χ1n) is 7.70. The van der Waals surface area contributed by atoms with Crippen molar-refractivity contribution in [2.45, 2.75) is 40.0 Å². The van der Waals surface area contributed by atoms with Crippen LogP contribution >= 0.6 is 0 Å². The number of piperazine rings is 1. The van der Waals surface area contributed by atoms with Gasteiger partial charge in [-0.1, -0.05) is 19.8 Å². The highest BCUT2D eigenvalue weighted by Gasteiger charge is 2.39. The molecule has 1 saturated heterocycles. The Morgan fingerprint density at radius 1 is 1.14 bits per heavy atom. The third-order valence-corrected chi connectivity index (χ3v) is 3.92. The second-order valence-corrected chi connectivity index (χ2v) is 6.02. The molecular formula is C15H27N3O3. The Morgan fingerprint density at radius 2 is 1.76 bits per heavy atom. The molecule has 0 aromatic rings. The minimum atomic E-state index is -1.06. The molecule has 0 radical (unpaired) electrons. The number of carbonyl (C=O) groups is 3. The number of nitrogens with zero attached hydrogens (tertiary/aromatic N) is 2. The Bertz CT molecular complexity index is 374. The summed E-state index contributed by atoms with van der Waals surface area (Å²) in [5.74, 6) is -0.387. The molecule has 0 atom stereocenters. The van der Waals surface area contributed by atoms with Gasteiger partial charge in [0.2, 0.25) is 18.2 Å². The van der Waals surface area contributed by atoms with E-state index >= 15 is 0 Å². The summed E-state index contributed by atoms with van der Waals surface area (Å²) in [6, 6.07) is 0. The van der Waals surface area contributed by atoms with Gasteiger partial charge >= 0.3 is 0 Å². The van der Waals surface area contributed by atoms with Gasteiger partial charge in [-0.15, -0.1) is 0 Å². The van der Waals surface area contributed by atoms with Gasteiger partial charge in [0, 0.05) is 32.7 Å². The van der Waals surface area contributed by atoms with Crippen LogP contribution in [0.1, 0.15) is 40.0 Å². The van der Waals surface area contributed by atoms with Gasteiger partial charge in [0.25, 0.3) is 0 Å². The Kier molecular flexibility index (Phi) is 6.65. The highest BCUT2D eigenvalue weighted by atomic mass is 16.2. The van der Waals surface area contributed by atoms with E-state index in [9.17, 15) is 14.4 Å². The first kappa shape index (κ1) is 17.5. The number of amides is 3. The molecule has 3 amide bonds. The van der Waals surface area contributed by atoms with Gasteiger partial charge in [0.05, 0.1) is 0 Å². The summed E-state index contributed by atoms with van der Waals surface area (Å²) < 4.78 is 0. The van der Waals surface area contributed by atoms with Crippen LogP contribution in [-0.4, -0.2) is 60.7 Å². The highest BCUT2D eigenvalue weighted by Crippen LogP contribution is 2.20. The first-order chi connectivity index (χ1) is 9.93. The molecule has 0 bridgehead atoms. The molecule has 1 fully saturated rings. The van der Waals surface area contributed by atoms with Crippen LogP contribution in [0.4, 0.5) is 0 Å². The third-order valence-electron chi connectivity index (χ3n) is 3.92. The zero-order chi connectivity index (χ0) is 15.9. The van der Waals surface area contributed by atoms with Crippen LogP contribution in [0.15, 0.2) is 0 Å². The standard InChI is InChI=1S/C15H27N3O3/c1-4-5-6-7-16-13(20)15(2,3)14(21)18-10-8-17(12-19)9-11-18/h12H,4-11H2,1-3H3,(H,16,20). The lowest BCUT2D eigenvalue weighted by atomic mass is 9.90. The molecule has 0 spiro atoms. The van der Waals surface area contributed by atoms with Crippen LogP contribution in [0.25, 0.3) is 0 Å². The van der Waals surface area contributed by atoms with Crippen LogP contribution < -0.4 is 5.32 Å². The number of hydrogen-bond donors (Lipinski definition) is 1. The smallest absolute Gasteiger partial charge is 0.237 e. The van der Waals surface area contributed by atoms with Crippen molar-refractivity contribution in [2.24, 2.45) is 5.41 Å². The SMILES string of the molecule is CCCCCNC(=O)C(C)(C)C(=O)N1CCN(C=O)CC1. The largest absolute Gasteiger partial charge is 0.355 e. The van der Waals surface area contributed by atoms with E-state index in [1.165, 1.54) is 0 Å². The highest BCUT2D eigenvalue weighted by molar-refractivity contribution is 6.04. The third kappa shape index (κ3) is 4.72. The summed E-state index contributed by atoms with van der Waals surface area (Å²) in [5.41, 5.74) is -1.06. The van der Waals surface area contributed by atoms with Gasteiger partial charge in [-0.2, -0.15) is 0 Å². The minimum absolute atomic E-state index is 0.166. The second-order valence-electron chi connectivity index (χ2n) is 6.02. The number of hydrogen-bond acceptors (Lipinski definition) is 3. The van der Waals surface area contributed by atoms with Crippen LogP contribution in [0, 0.1) is 5.41 Å². The zero-order valence-electron chi connectivity index (χ0n) is 13.4. The van der Waals surface area contributed by atoms with E-state index in [-0.39, 0.29) is 11.8 Å². The topological polar surface area (TPSA) is 69.7 Å². The first-order valence-corrected chi connectivity index (χ1v) is 7.70. The van der Waals surface area contributed by atoms with Crippen molar-refractivity contribution in [1.29, 1.82) is 0 Å². The molecule has 0 unspecified atom stereocenters. The van der Waals surface area contributed by atoms with Gasteiger partial charge in [-0.3, -0.25) is 14.4 Å². The summed E-state index contributed by atoms with van der Waals surface area (Å²) in [6.45, 7) is 8.09. The molecule has 0 aromatic heterocycles. The van der Waals surface area contributed by atoms with E-state index in [1.807, 2.05) is 0 Å². The van der Waals surface area contributed by atoms with Crippen molar-refractivity contribution in [3.63, 3.8) is 0 Å². The average molecular weight is 297 g/mol. The molecule has 0 saturated carbocycles. The van der Waals surface area contributed by atoms with E-state index < -0.39 is 5.41 Å². The predicted molar refractivity (Wildman–Crippen MR) is 80.5 cm³/mol. The maximum atomic E-state index is 12.5. The van der Waals surface area contributed by atoms with Gasteiger partial charge in [0.15, 0.2) is 0 Å². The summed E-state index contributed by atoms with van der Waals surface area (Å²) in [7, 11) is 0. The van der Waals surface area contributed by atoms with Crippen molar-refractivity contribution in [3.8, 4) is 0 Å². The summed E-state index contributed by atoms with van der Waals surface area (Å²) >= 11 is 0. The van der Waals surface area contributed by atoms with E-state index in [1.54, 1.807) is 23.6 Å². The maximum Gasteiger partial charge on any atom is 0.237 e. The molecule has 1 aliphatic rings. The summed E-state index contributed by atoms with van der Waals surface area (Å²) in [6.07, 6.45) is 3.90. The number of nitrogens with one attached hydrogen (secondary N) is 1. The van der Waals surface area contributed by atoms with Crippen LogP contribution in [0.3, 0.4) is 0 Å². The number of unbranched alkanes of at least 4 members (excludes halogenated alkanes) is 2. The molecule has 0 aliphatic carbocycles. The molecule has 1 N–H and O–H groups in total. The van der Waals surface area contributed by atoms with Crippen molar-refractivity contribution < 1.29 is 14.4 Å². The molecule has 1 rings (SSSR count). The van der Waals surface area contributed by atoms with E-state index in [0.717, 1.165) is 25.7 Å². The monoisotopic (exact) mass is 297 g/mol. The lowest BCUT2D eigenvalue weighted by Gasteiger charge is -2.36. The summed E-state index contributed by atoms with van der Waals surface area (Å²) in [5, 5.41) is 2.84. The Hall–Kier alpha value is -1.59. The fourth-order valence-electron chi connectivity index (χ4n) is 2.32. The lowest BCUT2D eigenvalue weighted by molar-refractivity contribution is -0.150. The normalized spacial score (nSPS) is 15.8. The molecule has 21 heavy (non-hydrogen) atoms. The minimum Gasteiger partial charge on any atom is -0.355 e. The van der Waals surface area contributed by atoms with E-state index in [2.05, 4.69) is 12.2 Å². The zero-order valence-corrected chi connectivity index (χ0v) is 13.4. The quantitative estimate of drug-likeness (QED) is 0.425. The van der Waals surface area contributed by atoms with Gasteiger partial charge < -0.3 is 15.1 Å². The Morgan fingerprint density at radius 3 is 2.29 bits per heavy atom. The molecule has 0 aromatic carbocycles. The van der Waals surface area contributed by atoms with Crippen LogP contribution in [0.5, 0.6) is 0 Å². The Labute approximate surface area is 126 Å². The average Bonchev–Trinajstić information content (AvgIpc) is 2.50. The molecule has 6 heteroatoms. The van der Waals surface area contributed by atoms with Crippen molar-refractivity contribution in [3.05, 3.63) is 0 Å². The van der Waals surface area contributed by atoms with Crippen LogP contribution in [-0.2, 0) is 14.4 Å². The molecule has 1 heterocycles. The predicted octanol–water partition coefficient (Wildman–Crippen LogP) is 0.620. The van der Waals surface area contributed by atoms with Crippen LogP contribution in [0.2, 0.25) is 0 Å². The van der Waals surface area contributed by atoms with E-state index in [0.29, 0.717) is 32.7 Å². The summed E-state index contributed by atoms with van der Waals surface area (Å²) in [4.78, 5) is 38.7. The molecule has 120 valence electrons. The molecule has 6 nitrogen and oxygen atoms in total. The molecular weight excluding hydrogens is 270 g/mol. The lowest BCUT2D eigenvalue weighted by Crippen LogP contribution is -2.55. The van der Waals surface area contributed by atoms with Crippen molar-refractivity contribution in [1.82, 2.24) is 15.1 Å². The number of carbonyl (C=O) groups excluding carboxylic acids is 3. The van der Waals surface area contributed by atoms with E-state index in [4.69, 9.17) is 0 Å².